The van der Waals surface area contributed by atoms with Crippen LogP contribution in [-0.4, -0.2) is 25.7 Å². The van der Waals surface area contributed by atoms with Crippen LogP contribution >= 0.6 is 0 Å². The summed E-state index contributed by atoms with van der Waals surface area (Å²) in [5, 5.41) is 3.46. The molecule has 0 bridgehead atoms. The fourth-order valence-electron chi connectivity index (χ4n) is 2.13. The van der Waals surface area contributed by atoms with Gasteiger partial charge in [0.05, 0.1) is 12.3 Å². The molecule has 0 amide bonds. The van der Waals surface area contributed by atoms with Gasteiger partial charge >= 0.3 is 0 Å². The summed E-state index contributed by atoms with van der Waals surface area (Å²) in [5.74, 6) is 0.650. The molecule has 112 valence electrons. The third-order valence-corrected chi connectivity index (χ3v) is 3.33. The van der Waals surface area contributed by atoms with Crippen molar-refractivity contribution < 1.29 is 4.74 Å². The highest BCUT2D eigenvalue weighted by Crippen LogP contribution is 2.26. The predicted molar refractivity (Wildman–Crippen MR) is 88.2 cm³/mol. The van der Waals surface area contributed by atoms with E-state index in [1.54, 1.807) is 6.20 Å². The van der Waals surface area contributed by atoms with E-state index < -0.39 is 0 Å². The van der Waals surface area contributed by atoms with Crippen molar-refractivity contribution in [3.63, 3.8) is 0 Å². The smallest absolute Gasteiger partial charge is 0.237 e. The van der Waals surface area contributed by atoms with E-state index in [4.69, 9.17) is 4.74 Å². The van der Waals surface area contributed by atoms with Gasteiger partial charge in [-0.2, -0.15) is 0 Å². The van der Waals surface area contributed by atoms with Gasteiger partial charge in [-0.3, -0.25) is 0 Å². The third-order valence-electron chi connectivity index (χ3n) is 3.33. The fourth-order valence-corrected chi connectivity index (χ4v) is 2.13. The van der Waals surface area contributed by atoms with Gasteiger partial charge in [0.25, 0.3) is 0 Å². The first-order valence-electron chi connectivity index (χ1n) is 7.23. The summed E-state index contributed by atoms with van der Waals surface area (Å²) in [7, 11) is 4.08. The Balaban J connectivity index is 2.12. The molecule has 1 atom stereocenters. The number of rotatable bonds is 6. The van der Waals surface area contributed by atoms with Crippen molar-refractivity contribution >= 4 is 11.4 Å². The lowest BCUT2D eigenvalue weighted by atomic mass is 10.1. The van der Waals surface area contributed by atoms with Crippen molar-refractivity contribution in [3.8, 4) is 5.88 Å². The van der Waals surface area contributed by atoms with Crippen LogP contribution in [0.5, 0.6) is 5.88 Å². The lowest BCUT2D eigenvalue weighted by molar-refractivity contribution is 0.328. The molecule has 0 spiro atoms. The molecule has 4 heteroatoms. The number of hydrogen-bond acceptors (Lipinski definition) is 4. The summed E-state index contributed by atoms with van der Waals surface area (Å²) in [6.45, 7) is 4.70. The second-order valence-electron chi connectivity index (χ2n) is 5.14. The molecule has 2 rings (SSSR count). The molecule has 1 aromatic carbocycles. The number of ether oxygens (including phenoxy) is 1. The van der Waals surface area contributed by atoms with E-state index in [9.17, 15) is 0 Å². The third kappa shape index (κ3) is 3.88. The highest BCUT2D eigenvalue weighted by Gasteiger charge is 2.10. The van der Waals surface area contributed by atoms with Gasteiger partial charge in [-0.25, -0.2) is 4.98 Å². The molecule has 0 aliphatic carbocycles. The van der Waals surface area contributed by atoms with E-state index in [1.807, 2.05) is 33.2 Å². The predicted octanol–water partition coefficient (Wildman–Crippen LogP) is 3.72. The maximum absolute atomic E-state index is 5.54. The van der Waals surface area contributed by atoms with E-state index in [-0.39, 0.29) is 6.04 Å². The number of anilines is 2. The van der Waals surface area contributed by atoms with Crippen molar-refractivity contribution in [3.05, 3.63) is 48.2 Å². The Labute approximate surface area is 126 Å². The molecule has 1 heterocycles. The zero-order valence-corrected chi connectivity index (χ0v) is 13.1. The fraction of sp³-hybridized carbons (Fsp3) is 0.353. The summed E-state index contributed by atoms with van der Waals surface area (Å²) < 4.78 is 5.54. The lowest BCUT2D eigenvalue weighted by Gasteiger charge is -2.19. The van der Waals surface area contributed by atoms with Crippen LogP contribution in [-0.2, 0) is 0 Å². The zero-order valence-electron chi connectivity index (χ0n) is 13.1. The Morgan fingerprint density at radius 3 is 2.52 bits per heavy atom. The van der Waals surface area contributed by atoms with Crippen LogP contribution in [0.2, 0.25) is 0 Å². The van der Waals surface area contributed by atoms with E-state index in [0.717, 1.165) is 5.69 Å². The Morgan fingerprint density at radius 2 is 1.90 bits per heavy atom. The minimum atomic E-state index is 0.185. The van der Waals surface area contributed by atoms with E-state index in [2.05, 4.69) is 46.4 Å². The monoisotopic (exact) mass is 285 g/mol. The van der Waals surface area contributed by atoms with Crippen molar-refractivity contribution in [2.45, 2.75) is 19.9 Å². The zero-order chi connectivity index (χ0) is 15.2. The Bertz CT molecular complexity index is 567. The van der Waals surface area contributed by atoms with Gasteiger partial charge < -0.3 is 15.0 Å². The quantitative estimate of drug-likeness (QED) is 0.877. The van der Waals surface area contributed by atoms with Crippen LogP contribution in [0, 0.1) is 0 Å². The van der Waals surface area contributed by atoms with Crippen molar-refractivity contribution in [1.29, 1.82) is 0 Å². The number of hydrogen-bond donors (Lipinski definition) is 1. The van der Waals surface area contributed by atoms with E-state index >= 15 is 0 Å². The first-order valence-corrected chi connectivity index (χ1v) is 7.23. The van der Waals surface area contributed by atoms with Crippen LogP contribution in [0.15, 0.2) is 42.6 Å². The van der Waals surface area contributed by atoms with Gasteiger partial charge in [0.1, 0.15) is 0 Å². The molecular weight excluding hydrogens is 262 g/mol. The number of benzene rings is 1. The van der Waals surface area contributed by atoms with Crippen molar-refractivity contribution in [2.75, 3.05) is 30.9 Å². The second-order valence-corrected chi connectivity index (χ2v) is 5.14. The number of nitrogens with one attached hydrogen (secondary N) is 1. The van der Waals surface area contributed by atoms with Gasteiger partial charge in [0.2, 0.25) is 5.88 Å². The Kier molecular flexibility index (Phi) is 5.04. The van der Waals surface area contributed by atoms with Gasteiger partial charge in [-0.1, -0.05) is 12.1 Å². The average Bonchev–Trinajstić information content (AvgIpc) is 2.49. The standard InChI is InChI=1S/C17H23N3O/c1-5-21-17-16(7-6-12-18-17)19-13(2)14-8-10-15(11-9-14)20(3)4/h6-13,19H,5H2,1-4H3. The average molecular weight is 285 g/mol. The molecule has 1 N–H and O–H groups in total. The van der Waals surface area contributed by atoms with Gasteiger partial charge in [0.15, 0.2) is 0 Å². The maximum atomic E-state index is 5.54. The number of aromatic nitrogens is 1. The molecule has 1 aromatic heterocycles. The second kappa shape index (κ2) is 6.97. The first kappa shape index (κ1) is 15.2. The summed E-state index contributed by atoms with van der Waals surface area (Å²) >= 11 is 0. The molecule has 2 aromatic rings. The molecule has 4 nitrogen and oxygen atoms in total. The van der Waals surface area contributed by atoms with Crippen LogP contribution in [0.25, 0.3) is 0 Å². The molecule has 1 unspecified atom stereocenters. The molecule has 0 aliphatic heterocycles. The molecule has 0 radical (unpaired) electrons. The first-order chi connectivity index (χ1) is 10.1. The van der Waals surface area contributed by atoms with E-state index in [0.29, 0.717) is 12.5 Å². The van der Waals surface area contributed by atoms with Crippen LogP contribution in [0.1, 0.15) is 25.5 Å². The minimum Gasteiger partial charge on any atom is -0.476 e. The Hall–Kier alpha value is -2.23. The lowest BCUT2D eigenvalue weighted by Crippen LogP contribution is -2.11. The van der Waals surface area contributed by atoms with Crippen molar-refractivity contribution in [2.24, 2.45) is 0 Å². The van der Waals surface area contributed by atoms with Gasteiger partial charge in [-0.15, -0.1) is 0 Å². The molecular formula is C17H23N3O. The highest BCUT2D eigenvalue weighted by molar-refractivity contribution is 5.54. The van der Waals surface area contributed by atoms with Crippen LogP contribution in [0.3, 0.4) is 0 Å². The van der Waals surface area contributed by atoms with E-state index in [1.165, 1.54) is 11.3 Å². The number of pyridine rings is 1. The summed E-state index contributed by atoms with van der Waals surface area (Å²) in [6, 6.07) is 12.6. The topological polar surface area (TPSA) is 37.4 Å². The van der Waals surface area contributed by atoms with Crippen LogP contribution < -0.4 is 15.0 Å². The molecule has 21 heavy (non-hydrogen) atoms. The van der Waals surface area contributed by atoms with Gasteiger partial charge in [0, 0.05) is 32.0 Å². The summed E-state index contributed by atoms with van der Waals surface area (Å²) in [6.07, 6.45) is 1.74. The normalized spacial score (nSPS) is 11.8. The summed E-state index contributed by atoms with van der Waals surface area (Å²) in [4.78, 5) is 6.35. The number of nitrogens with zero attached hydrogens (tertiary/aromatic N) is 2. The molecule has 0 saturated carbocycles. The molecule has 0 saturated heterocycles. The molecule has 0 aliphatic rings. The maximum Gasteiger partial charge on any atom is 0.237 e. The van der Waals surface area contributed by atoms with Gasteiger partial charge in [-0.05, 0) is 43.7 Å². The highest BCUT2D eigenvalue weighted by atomic mass is 16.5. The van der Waals surface area contributed by atoms with Crippen molar-refractivity contribution in [1.82, 2.24) is 4.98 Å². The minimum absolute atomic E-state index is 0.185. The molecule has 0 fully saturated rings. The van der Waals surface area contributed by atoms with Crippen LogP contribution in [0.4, 0.5) is 11.4 Å². The SMILES string of the molecule is CCOc1ncccc1NC(C)c1ccc(N(C)C)cc1. The largest absolute Gasteiger partial charge is 0.476 e. The summed E-state index contributed by atoms with van der Waals surface area (Å²) in [5.41, 5.74) is 3.35. The Morgan fingerprint density at radius 1 is 1.19 bits per heavy atom.